The maximum Gasteiger partial charge on any atom is 0.495 e. The van der Waals surface area contributed by atoms with Crippen molar-refractivity contribution in [3.05, 3.63) is 16.3 Å². The van der Waals surface area contributed by atoms with Gasteiger partial charge in [-0.2, -0.15) is 0 Å². The van der Waals surface area contributed by atoms with E-state index in [2.05, 4.69) is 43.9 Å². The highest BCUT2D eigenvalue weighted by Gasteiger charge is 2.51. The molecule has 1 fully saturated rings. The monoisotopic (exact) mass is 357 g/mol. The van der Waals surface area contributed by atoms with Crippen LogP contribution in [0.4, 0.5) is 0 Å². The largest absolute Gasteiger partial charge is 0.495 e. The fourth-order valence-corrected chi connectivity index (χ4v) is 3.89. The number of hydrogen-bond acceptors (Lipinski definition) is 4. The summed E-state index contributed by atoms with van der Waals surface area (Å²) in [5.41, 5.74) is 0.355. The van der Waals surface area contributed by atoms with Gasteiger partial charge in [0, 0.05) is 4.88 Å². The molecule has 0 radical (unpaired) electrons. The molecule has 1 aliphatic heterocycles. The molecule has 2 heterocycles. The molecule has 0 unspecified atom stereocenters. The molecule has 23 heavy (non-hydrogen) atoms. The lowest BCUT2D eigenvalue weighted by molar-refractivity contribution is 0.00578. The zero-order chi connectivity index (χ0) is 17.6. The highest BCUT2D eigenvalue weighted by Crippen LogP contribution is 2.37. The normalized spacial score (nSPS) is 23.0. The molecule has 1 aliphatic rings. The van der Waals surface area contributed by atoms with Gasteiger partial charge in [0.15, 0.2) is 0 Å². The van der Waals surface area contributed by atoms with E-state index < -0.39 is 11.0 Å². The average molecular weight is 357 g/mol. The molecule has 0 aromatic carbocycles. The first-order valence-corrected chi connectivity index (χ1v) is 9.98. The van der Waals surface area contributed by atoms with Gasteiger partial charge in [-0.3, -0.25) is 0 Å². The van der Waals surface area contributed by atoms with Gasteiger partial charge >= 0.3 is 7.12 Å². The first-order valence-electron chi connectivity index (χ1n) is 7.95. The summed E-state index contributed by atoms with van der Waals surface area (Å²) in [6.45, 7) is 16.1. The van der Waals surface area contributed by atoms with Crippen LogP contribution in [0.15, 0.2) is 11.4 Å². The molecule has 0 spiro atoms. The third-order valence-electron chi connectivity index (χ3n) is 4.43. The highest BCUT2D eigenvalue weighted by molar-refractivity contribution is 7.84. The van der Waals surface area contributed by atoms with E-state index in [9.17, 15) is 4.21 Å². The van der Waals surface area contributed by atoms with Crippen molar-refractivity contribution in [1.82, 2.24) is 4.72 Å². The molecule has 1 aromatic heterocycles. The van der Waals surface area contributed by atoms with Crippen LogP contribution < -0.4 is 10.2 Å². The molecule has 0 amide bonds. The summed E-state index contributed by atoms with van der Waals surface area (Å²) in [5, 5.41) is 2.07. The van der Waals surface area contributed by atoms with Crippen molar-refractivity contribution in [1.29, 1.82) is 0 Å². The molecule has 2 atom stereocenters. The Hall–Kier alpha value is -0.205. The molecule has 0 aliphatic carbocycles. The molecule has 2 rings (SSSR count). The van der Waals surface area contributed by atoms with Crippen LogP contribution in [0.3, 0.4) is 0 Å². The highest BCUT2D eigenvalue weighted by atomic mass is 32.2. The van der Waals surface area contributed by atoms with E-state index in [0.29, 0.717) is 0 Å². The first kappa shape index (κ1) is 19.1. The molecule has 0 bridgehead atoms. The molecule has 0 saturated carbocycles. The Bertz CT molecular complexity index is 576. The second-order valence-corrected chi connectivity index (χ2v) is 11.0. The molecule has 7 heteroatoms. The Balaban J connectivity index is 2.09. The third kappa shape index (κ3) is 4.07. The number of rotatable bonds is 4. The van der Waals surface area contributed by atoms with Gasteiger partial charge in [0.2, 0.25) is 0 Å². The standard InChI is InChI=1S/C16H28BNO3S2/c1-11(18-23(19)14(2,3)4)13-9-12(10-22-13)17-20-15(5,6)16(7,8)21-17/h9-11,18H,1-8H3/t11-,23-/m0/s1. The molecular formula is C16H28BNO3S2. The van der Waals surface area contributed by atoms with Crippen molar-refractivity contribution in [2.24, 2.45) is 0 Å². The Labute approximate surface area is 147 Å². The molecule has 130 valence electrons. The summed E-state index contributed by atoms with van der Waals surface area (Å²) in [7, 11) is -1.43. The van der Waals surface area contributed by atoms with Crippen LogP contribution in [-0.4, -0.2) is 27.3 Å². The van der Waals surface area contributed by atoms with Crippen LogP contribution in [0.2, 0.25) is 0 Å². The van der Waals surface area contributed by atoms with Gasteiger partial charge in [-0.1, -0.05) is 0 Å². The quantitative estimate of drug-likeness (QED) is 0.842. The van der Waals surface area contributed by atoms with Gasteiger partial charge < -0.3 is 9.31 Å². The van der Waals surface area contributed by atoms with E-state index in [1.165, 1.54) is 0 Å². The maximum atomic E-state index is 12.2. The number of hydrogen-bond donors (Lipinski definition) is 1. The predicted octanol–water partition coefficient (Wildman–Crippen LogP) is 3.16. The van der Waals surface area contributed by atoms with Crippen molar-refractivity contribution in [3.63, 3.8) is 0 Å². The van der Waals surface area contributed by atoms with Crippen LogP contribution in [0.1, 0.15) is 66.3 Å². The van der Waals surface area contributed by atoms with Crippen molar-refractivity contribution in [3.8, 4) is 0 Å². The summed E-state index contributed by atoms with van der Waals surface area (Å²) in [6.07, 6.45) is 0. The zero-order valence-electron chi connectivity index (χ0n) is 15.4. The van der Waals surface area contributed by atoms with Crippen LogP contribution >= 0.6 is 11.3 Å². The lowest BCUT2D eigenvalue weighted by Crippen LogP contribution is -2.41. The molecule has 4 nitrogen and oxygen atoms in total. The second-order valence-electron chi connectivity index (χ2n) is 8.09. The number of thiophene rings is 1. The topological polar surface area (TPSA) is 47.6 Å². The summed E-state index contributed by atoms with van der Waals surface area (Å²) < 4.78 is 27.3. The summed E-state index contributed by atoms with van der Waals surface area (Å²) in [5.74, 6) is 0. The van der Waals surface area contributed by atoms with Gasteiger partial charge in [0.25, 0.3) is 0 Å². The third-order valence-corrected chi connectivity index (χ3v) is 7.25. The lowest BCUT2D eigenvalue weighted by Gasteiger charge is -2.32. The smallest absolute Gasteiger partial charge is 0.399 e. The van der Waals surface area contributed by atoms with Gasteiger partial charge in [0.1, 0.15) is 0 Å². The minimum atomic E-state index is -1.09. The Morgan fingerprint density at radius 3 is 2.22 bits per heavy atom. The Morgan fingerprint density at radius 1 is 1.22 bits per heavy atom. The lowest BCUT2D eigenvalue weighted by atomic mass is 9.81. The van der Waals surface area contributed by atoms with Crippen molar-refractivity contribution < 1.29 is 13.5 Å². The minimum absolute atomic E-state index is 0.0243. The first-order chi connectivity index (χ1) is 10.3. The minimum Gasteiger partial charge on any atom is -0.399 e. The van der Waals surface area contributed by atoms with E-state index in [-0.39, 0.29) is 29.1 Å². The van der Waals surface area contributed by atoms with Crippen LogP contribution in [-0.2, 0) is 20.3 Å². The number of nitrogens with one attached hydrogen (secondary N) is 1. The van der Waals surface area contributed by atoms with E-state index in [4.69, 9.17) is 9.31 Å². The van der Waals surface area contributed by atoms with Crippen molar-refractivity contribution in [2.45, 2.75) is 77.4 Å². The Morgan fingerprint density at radius 2 is 1.74 bits per heavy atom. The van der Waals surface area contributed by atoms with Crippen LogP contribution in [0, 0.1) is 0 Å². The summed E-state index contributed by atoms with van der Waals surface area (Å²) in [4.78, 5) is 1.13. The van der Waals surface area contributed by atoms with E-state index in [0.717, 1.165) is 10.3 Å². The molecule has 1 N–H and O–H groups in total. The van der Waals surface area contributed by atoms with Gasteiger partial charge in [-0.15, -0.1) is 11.3 Å². The van der Waals surface area contributed by atoms with Gasteiger partial charge in [0.05, 0.1) is 33.0 Å². The van der Waals surface area contributed by atoms with Gasteiger partial charge in [-0.25, -0.2) is 8.93 Å². The second kappa shape index (κ2) is 6.26. The van der Waals surface area contributed by atoms with Crippen molar-refractivity contribution >= 4 is 34.9 Å². The fraction of sp³-hybridized carbons (Fsp3) is 0.750. The zero-order valence-corrected chi connectivity index (χ0v) is 17.0. The molecule has 1 saturated heterocycles. The predicted molar refractivity (Wildman–Crippen MR) is 99.5 cm³/mol. The van der Waals surface area contributed by atoms with Gasteiger partial charge in [-0.05, 0) is 72.3 Å². The van der Waals surface area contributed by atoms with E-state index >= 15 is 0 Å². The molecule has 1 aromatic rings. The molecular weight excluding hydrogens is 329 g/mol. The summed E-state index contributed by atoms with van der Waals surface area (Å²) >= 11 is 1.64. The average Bonchev–Trinajstić information content (AvgIpc) is 2.92. The Kier molecular flexibility index (Phi) is 5.21. The fourth-order valence-electron chi connectivity index (χ4n) is 2.09. The van der Waals surface area contributed by atoms with E-state index in [1.54, 1.807) is 11.3 Å². The maximum absolute atomic E-state index is 12.2. The van der Waals surface area contributed by atoms with Crippen LogP contribution in [0.5, 0.6) is 0 Å². The van der Waals surface area contributed by atoms with E-state index in [1.807, 2.05) is 27.7 Å². The van der Waals surface area contributed by atoms with Crippen molar-refractivity contribution in [2.75, 3.05) is 0 Å². The summed E-state index contributed by atoms with van der Waals surface area (Å²) in [6, 6.07) is 2.11. The SMILES string of the molecule is C[C@H](N[S@@](=O)C(C)(C)C)c1cc(B2OC(C)(C)C(C)(C)O2)cs1. The van der Waals surface area contributed by atoms with Crippen LogP contribution in [0.25, 0.3) is 0 Å².